The molecule has 0 aliphatic rings. The molecule has 1 N–H and O–H groups in total. The highest BCUT2D eigenvalue weighted by molar-refractivity contribution is 6.05. The van der Waals surface area contributed by atoms with E-state index in [1.165, 1.54) is 4.90 Å². The van der Waals surface area contributed by atoms with Crippen LogP contribution >= 0.6 is 0 Å². The van der Waals surface area contributed by atoms with Crippen LogP contribution in [0.25, 0.3) is 0 Å². The number of nitrogens with zero attached hydrogens (tertiary/aromatic N) is 3. The molecule has 1 amide bonds. The normalized spacial score (nSPS) is 10.0. The molecule has 0 aliphatic carbocycles. The minimum atomic E-state index is -0.130. The van der Waals surface area contributed by atoms with Gasteiger partial charge in [0.2, 0.25) is 0 Å². The van der Waals surface area contributed by atoms with Gasteiger partial charge in [0.15, 0.2) is 0 Å². The highest BCUT2D eigenvalue weighted by atomic mass is 16.2. The zero-order valence-corrected chi connectivity index (χ0v) is 11.0. The second kappa shape index (κ2) is 5.95. The fraction of sp³-hybridized carbons (Fsp3) is 0.214. The Balaban J connectivity index is 2.15. The number of nitrogens with one attached hydrogen (secondary N) is 1. The first-order chi connectivity index (χ1) is 9.22. The van der Waals surface area contributed by atoms with E-state index in [2.05, 4.69) is 15.3 Å². The van der Waals surface area contributed by atoms with E-state index in [1.54, 1.807) is 37.6 Å². The number of carbonyl (C=O) groups is 1. The first kappa shape index (κ1) is 13.0. The molecule has 0 saturated carbocycles. The summed E-state index contributed by atoms with van der Waals surface area (Å²) >= 11 is 0. The lowest BCUT2D eigenvalue weighted by molar-refractivity contribution is 0.0992. The highest BCUT2D eigenvalue weighted by Crippen LogP contribution is 2.12. The van der Waals surface area contributed by atoms with Gasteiger partial charge < -0.3 is 5.32 Å². The number of carbonyl (C=O) groups excluding carboxylic acids is 1. The van der Waals surface area contributed by atoms with E-state index in [1.807, 2.05) is 19.1 Å². The second-order valence-electron chi connectivity index (χ2n) is 4.01. The Morgan fingerprint density at radius 1 is 1.26 bits per heavy atom. The van der Waals surface area contributed by atoms with Crippen molar-refractivity contribution in [3.8, 4) is 0 Å². The van der Waals surface area contributed by atoms with Gasteiger partial charge in [-0.05, 0) is 31.2 Å². The molecule has 2 heterocycles. The number of rotatable bonds is 4. The van der Waals surface area contributed by atoms with Gasteiger partial charge in [-0.2, -0.15) is 0 Å². The lowest BCUT2D eigenvalue weighted by Crippen LogP contribution is -2.27. The van der Waals surface area contributed by atoms with Crippen molar-refractivity contribution in [2.75, 3.05) is 23.8 Å². The number of anilines is 2. The van der Waals surface area contributed by atoms with E-state index in [9.17, 15) is 4.79 Å². The van der Waals surface area contributed by atoms with Crippen molar-refractivity contribution in [2.24, 2.45) is 0 Å². The zero-order chi connectivity index (χ0) is 13.7. The Bertz CT molecular complexity index is 539. The van der Waals surface area contributed by atoms with Crippen LogP contribution in [0.4, 0.5) is 11.6 Å². The first-order valence-electron chi connectivity index (χ1n) is 6.11. The third kappa shape index (κ3) is 3.07. The fourth-order valence-electron chi connectivity index (χ4n) is 1.66. The molecule has 5 nitrogen and oxygen atoms in total. The third-order valence-corrected chi connectivity index (χ3v) is 2.67. The molecule has 0 saturated heterocycles. The number of pyridine rings is 2. The van der Waals surface area contributed by atoms with Crippen LogP contribution < -0.4 is 10.2 Å². The molecule has 98 valence electrons. The monoisotopic (exact) mass is 256 g/mol. The average molecular weight is 256 g/mol. The van der Waals surface area contributed by atoms with Crippen molar-refractivity contribution in [2.45, 2.75) is 6.92 Å². The Morgan fingerprint density at radius 3 is 2.68 bits per heavy atom. The van der Waals surface area contributed by atoms with Gasteiger partial charge in [-0.1, -0.05) is 6.07 Å². The van der Waals surface area contributed by atoms with Crippen molar-refractivity contribution in [1.29, 1.82) is 0 Å². The van der Waals surface area contributed by atoms with Crippen LogP contribution in [-0.2, 0) is 0 Å². The summed E-state index contributed by atoms with van der Waals surface area (Å²) in [6.45, 7) is 2.80. The molecule has 19 heavy (non-hydrogen) atoms. The van der Waals surface area contributed by atoms with Crippen molar-refractivity contribution in [1.82, 2.24) is 9.97 Å². The smallest absolute Gasteiger partial charge is 0.260 e. The third-order valence-electron chi connectivity index (χ3n) is 2.67. The van der Waals surface area contributed by atoms with Crippen LogP contribution in [0.15, 0.2) is 42.7 Å². The number of aromatic nitrogens is 2. The van der Waals surface area contributed by atoms with Crippen molar-refractivity contribution in [3.63, 3.8) is 0 Å². The molecule has 0 unspecified atom stereocenters. The van der Waals surface area contributed by atoms with Gasteiger partial charge >= 0.3 is 0 Å². The van der Waals surface area contributed by atoms with E-state index in [-0.39, 0.29) is 5.91 Å². The summed E-state index contributed by atoms with van der Waals surface area (Å²) in [4.78, 5) is 22.1. The largest absolute Gasteiger partial charge is 0.370 e. The molecule has 2 rings (SSSR count). The maximum absolute atomic E-state index is 12.2. The van der Waals surface area contributed by atoms with Crippen molar-refractivity contribution < 1.29 is 4.79 Å². The molecule has 0 aliphatic heterocycles. The fourth-order valence-corrected chi connectivity index (χ4v) is 1.66. The Morgan fingerprint density at radius 2 is 2.11 bits per heavy atom. The van der Waals surface area contributed by atoms with Crippen LogP contribution in [0.5, 0.6) is 0 Å². The maximum atomic E-state index is 12.2. The quantitative estimate of drug-likeness (QED) is 0.911. The Hall–Kier alpha value is -2.43. The van der Waals surface area contributed by atoms with Crippen LogP contribution in [0.3, 0.4) is 0 Å². The van der Waals surface area contributed by atoms with Gasteiger partial charge in [0.25, 0.3) is 5.91 Å². The van der Waals surface area contributed by atoms with Gasteiger partial charge in [0, 0.05) is 26.0 Å². The predicted octanol–water partition coefficient (Wildman–Crippen LogP) is 2.18. The summed E-state index contributed by atoms with van der Waals surface area (Å²) in [6.07, 6.45) is 3.23. The molecular weight excluding hydrogens is 240 g/mol. The van der Waals surface area contributed by atoms with Crippen LogP contribution in [0.1, 0.15) is 17.3 Å². The summed E-state index contributed by atoms with van der Waals surface area (Å²) in [5.41, 5.74) is 0.537. The second-order valence-corrected chi connectivity index (χ2v) is 4.01. The minimum absolute atomic E-state index is 0.130. The molecule has 0 spiro atoms. The molecular formula is C14H16N4O. The highest BCUT2D eigenvalue weighted by Gasteiger charge is 2.14. The predicted molar refractivity (Wildman–Crippen MR) is 75.4 cm³/mol. The molecule has 2 aromatic rings. The standard InChI is InChI=1S/C14H16N4O/c1-3-15-12-8-7-11(10-17-12)14(19)18(2)13-6-4-5-9-16-13/h4-10H,3H2,1-2H3,(H,15,17). The molecule has 5 heteroatoms. The molecule has 0 radical (unpaired) electrons. The Kier molecular flexibility index (Phi) is 4.07. The van der Waals surface area contributed by atoms with Crippen molar-refractivity contribution in [3.05, 3.63) is 48.3 Å². The van der Waals surface area contributed by atoms with E-state index < -0.39 is 0 Å². The van der Waals surface area contributed by atoms with Crippen molar-refractivity contribution >= 4 is 17.5 Å². The van der Waals surface area contributed by atoms with Gasteiger partial charge in [-0.3, -0.25) is 9.69 Å². The van der Waals surface area contributed by atoms with Gasteiger partial charge in [0.1, 0.15) is 11.6 Å². The van der Waals surface area contributed by atoms with Gasteiger partial charge in [0.05, 0.1) is 5.56 Å². The van der Waals surface area contributed by atoms with Gasteiger partial charge in [-0.15, -0.1) is 0 Å². The van der Waals surface area contributed by atoms with Crippen LogP contribution in [0, 0.1) is 0 Å². The summed E-state index contributed by atoms with van der Waals surface area (Å²) in [5, 5.41) is 3.09. The SMILES string of the molecule is CCNc1ccc(C(=O)N(C)c2ccccn2)cn1. The summed E-state index contributed by atoms with van der Waals surface area (Å²) in [6, 6.07) is 9.00. The minimum Gasteiger partial charge on any atom is -0.370 e. The molecule has 2 aromatic heterocycles. The number of hydrogen-bond acceptors (Lipinski definition) is 4. The van der Waals surface area contributed by atoms with E-state index in [0.29, 0.717) is 11.4 Å². The van der Waals surface area contributed by atoms with Crippen LogP contribution in [0.2, 0.25) is 0 Å². The Labute approximate surface area is 112 Å². The average Bonchev–Trinajstić information content (AvgIpc) is 2.48. The lowest BCUT2D eigenvalue weighted by Gasteiger charge is -2.15. The molecule has 0 atom stereocenters. The maximum Gasteiger partial charge on any atom is 0.260 e. The van der Waals surface area contributed by atoms with E-state index >= 15 is 0 Å². The lowest BCUT2D eigenvalue weighted by atomic mass is 10.2. The zero-order valence-electron chi connectivity index (χ0n) is 11.0. The van der Waals surface area contributed by atoms with E-state index in [4.69, 9.17) is 0 Å². The first-order valence-corrected chi connectivity index (χ1v) is 6.11. The molecule has 0 fully saturated rings. The van der Waals surface area contributed by atoms with Crippen LogP contribution in [-0.4, -0.2) is 29.5 Å². The topological polar surface area (TPSA) is 58.1 Å². The summed E-state index contributed by atoms with van der Waals surface area (Å²) in [7, 11) is 1.70. The number of amides is 1. The summed E-state index contributed by atoms with van der Waals surface area (Å²) in [5.74, 6) is 1.25. The van der Waals surface area contributed by atoms with Gasteiger partial charge in [-0.25, -0.2) is 9.97 Å². The molecule has 0 aromatic carbocycles. The summed E-state index contributed by atoms with van der Waals surface area (Å²) < 4.78 is 0. The van der Waals surface area contributed by atoms with E-state index in [0.717, 1.165) is 12.4 Å². The molecule has 0 bridgehead atoms. The number of hydrogen-bond donors (Lipinski definition) is 1.